The maximum Gasteiger partial charge on any atom is 0.340 e. The number of anilines is 2. The Labute approximate surface area is 178 Å². The second kappa shape index (κ2) is 10.3. The Balaban J connectivity index is 1.66. The molecule has 0 spiro atoms. The minimum absolute atomic E-state index is 0.132. The molecular weight excluding hydrogens is 380 g/mol. The second-order valence-corrected chi connectivity index (χ2v) is 7.77. The number of hydrogen-bond acceptors (Lipinski definition) is 5. The number of hydrogen-bond donors (Lipinski definition) is 1. The van der Waals surface area contributed by atoms with E-state index in [1.165, 1.54) is 12.7 Å². The zero-order valence-electron chi connectivity index (χ0n) is 17.9. The number of esters is 1. The summed E-state index contributed by atoms with van der Waals surface area (Å²) < 4.78 is 10.3. The molecule has 0 aliphatic carbocycles. The molecule has 1 heterocycles. The van der Waals surface area contributed by atoms with Gasteiger partial charge in [-0.1, -0.05) is 38.1 Å². The largest absolute Gasteiger partial charge is 0.465 e. The number of morpholine rings is 1. The Morgan fingerprint density at radius 3 is 2.43 bits per heavy atom. The number of ether oxygens (including phenoxy) is 2. The van der Waals surface area contributed by atoms with Crippen molar-refractivity contribution in [2.45, 2.75) is 32.6 Å². The van der Waals surface area contributed by atoms with E-state index >= 15 is 0 Å². The molecule has 1 fully saturated rings. The summed E-state index contributed by atoms with van der Waals surface area (Å²) >= 11 is 0. The molecule has 0 radical (unpaired) electrons. The van der Waals surface area contributed by atoms with Crippen molar-refractivity contribution >= 4 is 23.3 Å². The van der Waals surface area contributed by atoms with E-state index < -0.39 is 5.97 Å². The summed E-state index contributed by atoms with van der Waals surface area (Å²) in [5.41, 5.74) is 4.15. The van der Waals surface area contributed by atoms with Crippen LogP contribution >= 0.6 is 0 Å². The maximum absolute atomic E-state index is 12.5. The van der Waals surface area contributed by atoms with Crippen LogP contribution in [0.3, 0.4) is 0 Å². The van der Waals surface area contributed by atoms with E-state index in [1.54, 1.807) is 12.1 Å². The van der Waals surface area contributed by atoms with E-state index in [9.17, 15) is 9.59 Å². The lowest BCUT2D eigenvalue weighted by molar-refractivity contribution is -0.116. The second-order valence-electron chi connectivity index (χ2n) is 7.77. The average Bonchev–Trinajstić information content (AvgIpc) is 2.78. The number of aryl methyl sites for hydroxylation is 1. The molecule has 1 saturated heterocycles. The van der Waals surface area contributed by atoms with Crippen LogP contribution in [0.1, 0.15) is 47.7 Å². The van der Waals surface area contributed by atoms with Gasteiger partial charge in [0.15, 0.2) is 0 Å². The van der Waals surface area contributed by atoms with Gasteiger partial charge in [-0.05, 0) is 41.7 Å². The highest BCUT2D eigenvalue weighted by Crippen LogP contribution is 2.25. The number of amides is 1. The molecule has 1 aliphatic heterocycles. The molecule has 0 bridgehead atoms. The van der Waals surface area contributed by atoms with Crippen LogP contribution in [0.5, 0.6) is 0 Å². The molecule has 1 N–H and O–H groups in total. The summed E-state index contributed by atoms with van der Waals surface area (Å²) in [5.74, 6) is -0.114. The molecule has 2 aromatic rings. The highest BCUT2D eigenvalue weighted by Gasteiger charge is 2.18. The van der Waals surface area contributed by atoms with E-state index in [0.29, 0.717) is 43.2 Å². The first-order chi connectivity index (χ1) is 14.5. The average molecular weight is 411 g/mol. The fourth-order valence-electron chi connectivity index (χ4n) is 3.48. The molecule has 3 rings (SSSR count). The molecule has 0 atom stereocenters. The first kappa shape index (κ1) is 21.8. The summed E-state index contributed by atoms with van der Waals surface area (Å²) in [5, 5.41) is 2.87. The Morgan fingerprint density at radius 1 is 1.10 bits per heavy atom. The van der Waals surface area contributed by atoms with Crippen LogP contribution in [0.25, 0.3) is 0 Å². The Morgan fingerprint density at radius 2 is 1.80 bits per heavy atom. The van der Waals surface area contributed by atoms with Gasteiger partial charge in [0, 0.05) is 25.2 Å². The number of rotatable bonds is 7. The van der Waals surface area contributed by atoms with E-state index in [-0.39, 0.29) is 5.91 Å². The van der Waals surface area contributed by atoms with Crippen molar-refractivity contribution in [1.82, 2.24) is 0 Å². The van der Waals surface area contributed by atoms with Crippen LogP contribution in [-0.4, -0.2) is 45.3 Å². The van der Waals surface area contributed by atoms with E-state index in [2.05, 4.69) is 48.3 Å². The van der Waals surface area contributed by atoms with Crippen molar-refractivity contribution in [1.29, 1.82) is 0 Å². The smallest absolute Gasteiger partial charge is 0.340 e. The van der Waals surface area contributed by atoms with E-state index in [0.717, 1.165) is 24.3 Å². The zero-order chi connectivity index (χ0) is 21.5. The number of carbonyl (C=O) groups excluding carboxylic acids is 2. The molecule has 1 aliphatic rings. The van der Waals surface area contributed by atoms with Crippen molar-refractivity contribution in [3.63, 3.8) is 0 Å². The molecule has 6 nitrogen and oxygen atoms in total. The summed E-state index contributed by atoms with van der Waals surface area (Å²) in [7, 11) is 1.34. The van der Waals surface area contributed by atoms with Crippen LogP contribution in [-0.2, 0) is 20.7 Å². The van der Waals surface area contributed by atoms with Crippen molar-refractivity contribution in [3.05, 3.63) is 59.2 Å². The molecular formula is C24H30N2O4. The highest BCUT2D eigenvalue weighted by molar-refractivity contribution is 6.02. The lowest BCUT2D eigenvalue weighted by atomic mass is 10.0. The highest BCUT2D eigenvalue weighted by atomic mass is 16.5. The van der Waals surface area contributed by atoms with Gasteiger partial charge in [0.05, 0.1) is 31.6 Å². The normalized spacial score (nSPS) is 13.9. The predicted molar refractivity (Wildman–Crippen MR) is 118 cm³/mol. The van der Waals surface area contributed by atoms with Gasteiger partial charge < -0.3 is 19.7 Å². The molecule has 1 amide bonds. The number of benzene rings is 2. The summed E-state index contributed by atoms with van der Waals surface area (Å²) in [6, 6.07) is 13.8. The number of carbonyl (C=O) groups is 2. The van der Waals surface area contributed by atoms with Gasteiger partial charge in [-0.2, -0.15) is 0 Å². The molecule has 6 heteroatoms. The predicted octanol–water partition coefficient (Wildman–Crippen LogP) is 4.00. The van der Waals surface area contributed by atoms with Gasteiger partial charge in [-0.25, -0.2) is 4.79 Å². The fraction of sp³-hybridized carbons (Fsp3) is 0.417. The van der Waals surface area contributed by atoms with E-state index in [4.69, 9.17) is 9.47 Å². The van der Waals surface area contributed by atoms with Gasteiger partial charge in [0.2, 0.25) is 5.91 Å². The molecule has 30 heavy (non-hydrogen) atoms. The minimum atomic E-state index is -0.468. The van der Waals surface area contributed by atoms with Crippen LogP contribution in [0.2, 0.25) is 0 Å². The first-order valence-corrected chi connectivity index (χ1v) is 10.4. The number of nitrogens with zero attached hydrogens (tertiary/aromatic N) is 1. The summed E-state index contributed by atoms with van der Waals surface area (Å²) in [6.45, 7) is 7.16. The topological polar surface area (TPSA) is 67.9 Å². The molecule has 0 saturated carbocycles. The van der Waals surface area contributed by atoms with E-state index in [1.807, 2.05) is 6.07 Å². The third-order valence-corrected chi connectivity index (χ3v) is 5.35. The van der Waals surface area contributed by atoms with Crippen LogP contribution < -0.4 is 10.2 Å². The fourth-order valence-corrected chi connectivity index (χ4v) is 3.48. The van der Waals surface area contributed by atoms with Crippen LogP contribution in [0.15, 0.2) is 42.5 Å². The maximum atomic E-state index is 12.5. The Hall–Kier alpha value is -2.86. The quantitative estimate of drug-likeness (QED) is 0.699. The molecule has 0 unspecified atom stereocenters. The third-order valence-electron chi connectivity index (χ3n) is 5.35. The lowest BCUT2D eigenvalue weighted by Gasteiger charge is -2.29. The van der Waals surface area contributed by atoms with Gasteiger partial charge in [-0.15, -0.1) is 0 Å². The third kappa shape index (κ3) is 5.60. The van der Waals surface area contributed by atoms with Gasteiger partial charge in [0.25, 0.3) is 0 Å². The summed E-state index contributed by atoms with van der Waals surface area (Å²) in [4.78, 5) is 27.0. The number of methoxy groups -OCH3 is 1. The van der Waals surface area contributed by atoms with Crippen molar-refractivity contribution in [2.24, 2.45) is 0 Å². The van der Waals surface area contributed by atoms with Gasteiger partial charge in [-0.3, -0.25) is 4.79 Å². The van der Waals surface area contributed by atoms with Crippen LogP contribution in [0.4, 0.5) is 11.4 Å². The van der Waals surface area contributed by atoms with Crippen molar-refractivity contribution < 1.29 is 19.1 Å². The molecule has 2 aromatic carbocycles. The standard InChI is InChI=1S/C24H30N2O4/c1-17(2)19-7-4-18(5-8-19)6-11-23(27)25-22-10-9-20(16-21(22)24(28)29-3)26-12-14-30-15-13-26/h4-5,7-10,16-17H,6,11-15H2,1-3H3,(H,25,27). The monoisotopic (exact) mass is 410 g/mol. The molecule has 0 aromatic heterocycles. The number of nitrogens with one attached hydrogen (secondary N) is 1. The van der Waals surface area contributed by atoms with Crippen molar-refractivity contribution in [3.8, 4) is 0 Å². The lowest BCUT2D eigenvalue weighted by Crippen LogP contribution is -2.36. The van der Waals surface area contributed by atoms with Gasteiger partial charge in [0.1, 0.15) is 0 Å². The molecule has 160 valence electrons. The van der Waals surface area contributed by atoms with Gasteiger partial charge >= 0.3 is 5.97 Å². The first-order valence-electron chi connectivity index (χ1n) is 10.4. The summed E-state index contributed by atoms with van der Waals surface area (Å²) in [6.07, 6.45) is 0.983. The SMILES string of the molecule is COC(=O)c1cc(N2CCOCC2)ccc1NC(=O)CCc1ccc(C(C)C)cc1. The Kier molecular flexibility index (Phi) is 7.46. The minimum Gasteiger partial charge on any atom is -0.465 e. The Bertz CT molecular complexity index is 871. The van der Waals surface area contributed by atoms with Crippen molar-refractivity contribution in [2.75, 3.05) is 43.6 Å². The zero-order valence-corrected chi connectivity index (χ0v) is 17.9. The van der Waals surface area contributed by atoms with Crippen LogP contribution in [0, 0.1) is 0 Å².